The van der Waals surface area contributed by atoms with Gasteiger partial charge in [0.2, 0.25) is 0 Å². The minimum Gasteiger partial charge on any atom is -0.464 e. The molecule has 0 aromatic carbocycles. The Balaban J connectivity index is 2.11. The zero-order valence-electron chi connectivity index (χ0n) is 9.84. The highest BCUT2D eigenvalue weighted by Crippen LogP contribution is 2.59. The molecule has 2 aliphatic rings. The molecule has 0 amide bonds. The van der Waals surface area contributed by atoms with E-state index in [1.54, 1.807) is 0 Å². The van der Waals surface area contributed by atoms with Crippen molar-refractivity contribution in [3.8, 4) is 0 Å². The molecule has 0 aromatic rings. The summed E-state index contributed by atoms with van der Waals surface area (Å²) < 4.78 is 10.9. The lowest BCUT2D eigenvalue weighted by Crippen LogP contribution is -2.39. The minimum atomic E-state index is -0.664. The molecule has 0 radical (unpaired) electrons. The molecule has 2 rings (SSSR count). The van der Waals surface area contributed by atoms with Gasteiger partial charge in [0.25, 0.3) is 0 Å². The van der Waals surface area contributed by atoms with Crippen molar-refractivity contribution in [1.82, 2.24) is 0 Å². The molecule has 1 spiro atoms. The van der Waals surface area contributed by atoms with E-state index in [-0.39, 0.29) is 11.6 Å². The first-order chi connectivity index (χ1) is 7.07. The Morgan fingerprint density at radius 2 is 2.27 bits per heavy atom. The molecule has 15 heavy (non-hydrogen) atoms. The molecule has 3 nitrogen and oxygen atoms in total. The maximum absolute atomic E-state index is 11.8. The standard InChI is InChI=1S/C12H20O3/c1-4-14-10(13)11(3)12(15-11)8-6-5-7-9(12)2/h9H,4-8H2,1-3H3. The lowest BCUT2D eigenvalue weighted by Gasteiger charge is -2.27. The average Bonchev–Trinajstić information content (AvgIpc) is 2.80. The molecule has 1 heterocycles. The van der Waals surface area contributed by atoms with Crippen molar-refractivity contribution in [2.24, 2.45) is 5.92 Å². The van der Waals surface area contributed by atoms with Crippen LogP contribution in [0.5, 0.6) is 0 Å². The van der Waals surface area contributed by atoms with Crippen molar-refractivity contribution >= 4 is 5.97 Å². The largest absolute Gasteiger partial charge is 0.464 e. The lowest BCUT2D eigenvalue weighted by molar-refractivity contribution is -0.148. The van der Waals surface area contributed by atoms with Crippen LogP contribution in [0.1, 0.15) is 46.5 Å². The zero-order valence-corrected chi connectivity index (χ0v) is 9.84. The van der Waals surface area contributed by atoms with Gasteiger partial charge in [-0.2, -0.15) is 0 Å². The first-order valence-corrected chi connectivity index (χ1v) is 5.94. The van der Waals surface area contributed by atoms with Crippen LogP contribution in [0.4, 0.5) is 0 Å². The normalized spacial score (nSPS) is 44.1. The number of hydrogen-bond donors (Lipinski definition) is 0. The predicted octanol–water partition coefficient (Wildman–Crippen LogP) is 2.29. The van der Waals surface area contributed by atoms with E-state index in [1.807, 2.05) is 13.8 Å². The molecule has 2 fully saturated rings. The molecule has 86 valence electrons. The van der Waals surface area contributed by atoms with Crippen LogP contribution in [-0.2, 0) is 14.3 Å². The Morgan fingerprint density at radius 1 is 1.53 bits per heavy atom. The van der Waals surface area contributed by atoms with Crippen LogP contribution >= 0.6 is 0 Å². The van der Waals surface area contributed by atoms with Gasteiger partial charge < -0.3 is 9.47 Å². The second kappa shape index (κ2) is 3.48. The molecule has 0 bridgehead atoms. The van der Waals surface area contributed by atoms with E-state index in [1.165, 1.54) is 12.8 Å². The van der Waals surface area contributed by atoms with Crippen LogP contribution < -0.4 is 0 Å². The van der Waals surface area contributed by atoms with Crippen LogP contribution in [0.3, 0.4) is 0 Å². The Hall–Kier alpha value is -0.570. The number of rotatable bonds is 2. The van der Waals surface area contributed by atoms with Crippen LogP contribution in [-0.4, -0.2) is 23.8 Å². The van der Waals surface area contributed by atoms with Crippen molar-refractivity contribution in [3.05, 3.63) is 0 Å². The van der Waals surface area contributed by atoms with Crippen molar-refractivity contribution < 1.29 is 14.3 Å². The highest BCUT2D eigenvalue weighted by Gasteiger charge is 2.74. The second-order valence-corrected chi connectivity index (χ2v) is 4.89. The summed E-state index contributed by atoms with van der Waals surface area (Å²) in [6.45, 7) is 6.33. The van der Waals surface area contributed by atoms with E-state index >= 15 is 0 Å². The van der Waals surface area contributed by atoms with Gasteiger partial charge in [0, 0.05) is 0 Å². The van der Waals surface area contributed by atoms with Crippen LogP contribution in [0, 0.1) is 5.92 Å². The average molecular weight is 212 g/mol. The third kappa shape index (κ3) is 1.40. The Kier molecular flexibility index (Phi) is 2.53. The van der Waals surface area contributed by atoms with Gasteiger partial charge in [0.05, 0.1) is 6.61 Å². The lowest BCUT2D eigenvalue weighted by atomic mass is 9.73. The second-order valence-electron chi connectivity index (χ2n) is 4.89. The summed E-state index contributed by atoms with van der Waals surface area (Å²) in [4.78, 5) is 11.8. The minimum absolute atomic E-state index is 0.182. The van der Waals surface area contributed by atoms with Crippen LogP contribution in [0.25, 0.3) is 0 Å². The number of carbonyl (C=O) groups is 1. The van der Waals surface area contributed by atoms with E-state index < -0.39 is 5.60 Å². The number of carbonyl (C=O) groups excluding carboxylic acids is 1. The smallest absolute Gasteiger partial charge is 0.341 e. The topological polar surface area (TPSA) is 38.8 Å². The number of hydrogen-bond acceptors (Lipinski definition) is 3. The SMILES string of the molecule is CCOC(=O)C1(C)OC12CCCCC2C. The van der Waals surface area contributed by atoms with Gasteiger partial charge in [-0.3, -0.25) is 0 Å². The van der Waals surface area contributed by atoms with Crippen molar-refractivity contribution in [2.75, 3.05) is 6.61 Å². The van der Waals surface area contributed by atoms with Gasteiger partial charge in [-0.15, -0.1) is 0 Å². The van der Waals surface area contributed by atoms with Crippen molar-refractivity contribution in [2.45, 2.75) is 57.7 Å². The third-order valence-corrected chi connectivity index (χ3v) is 4.05. The van der Waals surface area contributed by atoms with Gasteiger partial charge in [-0.1, -0.05) is 19.8 Å². The summed E-state index contributed by atoms with van der Waals surface area (Å²) >= 11 is 0. The van der Waals surface area contributed by atoms with Crippen molar-refractivity contribution in [1.29, 1.82) is 0 Å². The number of epoxide rings is 1. The summed E-state index contributed by atoms with van der Waals surface area (Å²) in [5.41, 5.74) is -0.875. The molecule has 1 saturated heterocycles. The molecule has 1 saturated carbocycles. The maximum Gasteiger partial charge on any atom is 0.341 e. The predicted molar refractivity (Wildman–Crippen MR) is 56.5 cm³/mol. The van der Waals surface area contributed by atoms with Crippen LogP contribution in [0.2, 0.25) is 0 Å². The van der Waals surface area contributed by atoms with E-state index in [4.69, 9.17) is 9.47 Å². The van der Waals surface area contributed by atoms with E-state index in [0.29, 0.717) is 12.5 Å². The fourth-order valence-electron chi connectivity index (χ4n) is 3.00. The Morgan fingerprint density at radius 3 is 2.87 bits per heavy atom. The fraction of sp³-hybridized carbons (Fsp3) is 0.917. The molecule has 3 unspecified atom stereocenters. The highest BCUT2D eigenvalue weighted by atomic mass is 16.7. The first kappa shape index (κ1) is 10.9. The molecule has 3 atom stereocenters. The summed E-state index contributed by atoms with van der Waals surface area (Å²) in [5.74, 6) is 0.291. The highest BCUT2D eigenvalue weighted by molar-refractivity contribution is 5.84. The summed E-state index contributed by atoms with van der Waals surface area (Å²) in [7, 11) is 0. The molecule has 0 aromatic heterocycles. The molecular formula is C12H20O3. The number of ether oxygens (including phenoxy) is 2. The Labute approximate surface area is 91.1 Å². The molecule has 1 aliphatic heterocycles. The van der Waals surface area contributed by atoms with Gasteiger partial charge in [-0.05, 0) is 32.6 Å². The molecule has 0 N–H and O–H groups in total. The molecule has 1 aliphatic carbocycles. The summed E-state index contributed by atoms with van der Waals surface area (Å²) in [5, 5.41) is 0. The fourth-order valence-corrected chi connectivity index (χ4v) is 3.00. The number of esters is 1. The Bertz CT molecular complexity index is 276. The van der Waals surface area contributed by atoms with Crippen molar-refractivity contribution in [3.63, 3.8) is 0 Å². The van der Waals surface area contributed by atoms with Gasteiger partial charge in [0.15, 0.2) is 5.60 Å². The third-order valence-electron chi connectivity index (χ3n) is 4.05. The first-order valence-electron chi connectivity index (χ1n) is 5.94. The monoisotopic (exact) mass is 212 g/mol. The van der Waals surface area contributed by atoms with E-state index in [2.05, 4.69) is 6.92 Å². The maximum atomic E-state index is 11.8. The quantitative estimate of drug-likeness (QED) is 0.520. The molecule has 3 heteroatoms. The summed E-state index contributed by atoms with van der Waals surface area (Å²) in [6, 6.07) is 0. The van der Waals surface area contributed by atoms with Crippen LogP contribution in [0.15, 0.2) is 0 Å². The zero-order chi connectivity index (χ0) is 11.1. The van der Waals surface area contributed by atoms with E-state index in [0.717, 1.165) is 12.8 Å². The van der Waals surface area contributed by atoms with Gasteiger partial charge >= 0.3 is 5.97 Å². The van der Waals surface area contributed by atoms with Gasteiger partial charge in [0.1, 0.15) is 5.60 Å². The van der Waals surface area contributed by atoms with E-state index in [9.17, 15) is 4.79 Å². The summed E-state index contributed by atoms with van der Waals surface area (Å²) in [6.07, 6.45) is 4.59. The molecular weight excluding hydrogens is 192 g/mol. The van der Waals surface area contributed by atoms with Gasteiger partial charge in [-0.25, -0.2) is 4.79 Å².